The second-order valence-corrected chi connectivity index (χ2v) is 6.15. The van der Waals surface area contributed by atoms with Crippen LogP contribution in [0.1, 0.15) is 28.9 Å². The normalized spacial score (nSPS) is 11.1. The number of methoxy groups -OCH3 is 1. The van der Waals surface area contributed by atoms with Crippen molar-refractivity contribution in [2.45, 2.75) is 32.8 Å². The second kappa shape index (κ2) is 8.16. The molecule has 2 aromatic heterocycles. The highest BCUT2D eigenvalue weighted by molar-refractivity contribution is 5.69. The standard InChI is InChI=1S/C20H20F2N2O3/c1-13-16(11-15-5-3-4-6-17(15)27-20(21)22)24-12-14(7-9-18(24)23-13)8-10-19(25)26-2/h3-7,9,12,20H,8,10-11H2,1-2H3. The Morgan fingerprint density at radius 3 is 2.74 bits per heavy atom. The third-order valence-corrected chi connectivity index (χ3v) is 4.37. The maximum Gasteiger partial charge on any atom is 0.387 e. The van der Waals surface area contributed by atoms with Gasteiger partial charge in [0.15, 0.2) is 0 Å². The van der Waals surface area contributed by atoms with Crippen molar-refractivity contribution in [3.63, 3.8) is 0 Å². The number of nitrogens with zero attached hydrogens (tertiary/aromatic N) is 2. The molecule has 0 atom stereocenters. The van der Waals surface area contributed by atoms with Gasteiger partial charge >= 0.3 is 12.6 Å². The van der Waals surface area contributed by atoms with Gasteiger partial charge in [-0.3, -0.25) is 4.79 Å². The smallest absolute Gasteiger partial charge is 0.387 e. The van der Waals surface area contributed by atoms with Crippen molar-refractivity contribution in [1.82, 2.24) is 9.38 Å². The van der Waals surface area contributed by atoms with Gasteiger partial charge in [0.05, 0.1) is 12.8 Å². The predicted octanol–water partition coefficient (Wildman–Crippen LogP) is 3.94. The number of rotatable bonds is 7. The molecule has 5 nitrogen and oxygen atoms in total. The van der Waals surface area contributed by atoms with Crippen molar-refractivity contribution in [3.8, 4) is 5.75 Å². The average molecular weight is 374 g/mol. The predicted molar refractivity (Wildman–Crippen MR) is 96.1 cm³/mol. The van der Waals surface area contributed by atoms with E-state index in [2.05, 4.69) is 14.5 Å². The molecule has 142 valence electrons. The molecule has 2 heterocycles. The van der Waals surface area contributed by atoms with Crippen molar-refractivity contribution in [3.05, 3.63) is 65.1 Å². The highest BCUT2D eigenvalue weighted by Crippen LogP contribution is 2.25. The van der Waals surface area contributed by atoms with Crippen LogP contribution >= 0.6 is 0 Å². The highest BCUT2D eigenvalue weighted by atomic mass is 19.3. The first-order valence-electron chi connectivity index (χ1n) is 8.54. The molecule has 27 heavy (non-hydrogen) atoms. The van der Waals surface area contributed by atoms with E-state index in [0.29, 0.717) is 18.4 Å². The van der Waals surface area contributed by atoms with Crippen molar-refractivity contribution in [1.29, 1.82) is 0 Å². The lowest BCUT2D eigenvalue weighted by atomic mass is 10.1. The number of halogens is 2. The molecule has 0 aliphatic heterocycles. The molecule has 3 rings (SSSR count). The first-order valence-corrected chi connectivity index (χ1v) is 8.54. The van der Waals surface area contributed by atoms with E-state index >= 15 is 0 Å². The molecule has 3 aromatic rings. The van der Waals surface area contributed by atoms with Crippen LogP contribution in [0.2, 0.25) is 0 Å². The molecule has 0 radical (unpaired) electrons. The van der Waals surface area contributed by atoms with Crippen LogP contribution < -0.4 is 4.74 Å². The van der Waals surface area contributed by atoms with E-state index in [4.69, 9.17) is 0 Å². The Kier molecular flexibility index (Phi) is 5.69. The minimum absolute atomic E-state index is 0.156. The summed E-state index contributed by atoms with van der Waals surface area (Å²) < 4.78 is 36.6. The summed E-state index contributed by atoms with van der Waals surface area (Å²) in [5.41, 5.74) is 4.07. The van der Waals surface area contributed by atoms with E-state index in [1.807, 2.05) is 29.7 Å². The fourth-order valence-electron chi connectivity index (χ4n) is 3.01. The van der Waals surface area contributed by atoms with Crippen LogP contribution in [0.3, 0.4) is 0 Å². The maximum atomic E-state index is 12.7. The number of benzene rings is 1. The molecule has 0 spiro atoms. The minimum Gasteiger partial charge on any atom is -0.469 e. The molecule has 0 N–H and O–H groups in total. The Labute approximate surface area is 155 Å². The molecular weight excluding hydrogens is 354 g/mol. The van der Waals surface area contributed by atoms with Crippen LogP contribution in [-0.2, 0) is 22.4 Å². The van der Waals surface area contributed by atoms with E-state index < -0.39 is 6.61 Å². The molecule has 0 amide bonds. The minimum atomic E-state index is -2.88. The quantitative estimate of drug-likeness (QED) is 0.588. The topological polar surface area (TPSA) is 52.8 Å². The van der Waals surface area contributed by atoms with E-state index in [1.54, 1.807) is 18.2 Å². The van der Waals surface area contributed by atoms with Crippen LogP contribution in [0.15, 0.2) is 42.6 Å². The largest absolute Gasteiger partial charge is 0.469 e. The van der Waals surface area contributed by atoms with E-state index in [1.165, 1.54) is 13.2 Å². The zero-order chi connectivity index (χ0) is 19.4. The van der Waals surface area contributed by atoms with Crippen LogP contribution in [-0.4, -0.2) is 29.1 Å². The lowest BCUT2D eigenvalue weighted by Gasteiger charge is -2.11. The van der Waals surface area contributed by atoms with Crippen molar-refractivity contribution in [2.24, 2.45) is 0 Å². The number of ether oxygens (including phenoxy) is 2. The molecule has 0 aliphatic carbocycles. The lowest BCUT2D eigenvalue weighted by Crippen LogP contribution is -2.06. The van der Waals surface area contributed by atoms with Gasteiger partial charge in [-0.1, -0.05) is 24.3 Å². The third-order valence-electron chi connectivity index (χ3n) is 4.37. The Balaban J connectivity index is 1.92. The number of aryl methyl sites for hydroxylation is 2. The maximum absolute atomic E-state index is 12.7. The van der Waals surface area contributed by atoms with Gasteiger partial charge in [-0.2, -0.15) is 8.78 Å². The number of para-hydroxylation sites is 1. The number of carbonyl (C=O) groups excluding carboxylic acids is 1. The Morgan fingerprint density at radius 1 is 1.22 bits per heavy atom. The van der Waals surface area contributed by atoms with E-state index in [9.17, 15) is 13.6 Å². The number of aromatic nitrogens is 2. The van der Waals surface area contributed by atoms with Crippen LogP contribution in [0.5, 0.6) is 5.75 Å². The molecule has 0 saturated heterocycles. The fourth-order valence-corrected chi connectivity index (χ4v) is 3.01. The average Bonchev–Trinajstić information content (AvgIpc) is 2.95. The number of imidazole rings is 1. The van der Waals surface area contributed by atoms with Gasteiger partial charge in [0.25, 0.3) is 0 Å². The number of hydrogen-bond donors (Lipinski definition) is 0. The summed E-state index contributed by atoms with van der Waals surface area (Å²) in [6.07, 6.45) is 3.15. The first-order chi connectivity index (χ1) is 13.0. The molecule has 0 unspecified atom stereocenters. The summed E-state index contributed by atoms with van der Waals surface area (Å²) in [5, 5.41) is 0. The van der Waals surface area contributed by atoms with E-state index in [0.717, 1.165) is 22.6 Å². The van der Waals surface area contributed by atoms with Gasteiger partial charge in [-0.05, 0) is 31.0 Å². The number of esters is 1. The molecular formula is C20H20F2N2O3. The number of hydrogen-bond acceptors (Lipinski definition) is 4. The zero-order valence-electron chi connectivity index (χ0n) is 15.1. The number of fused-ring (bicyclic) bond motifs is 1. The first kappa shape index (κ1) is 18.8. The van der Waals surface area contributed by atoms with Gasteiger partial charge in [0.2, 0.25) is 0 Å². The summed E-state index contributed by atoms with van der Waals surface area (Å²) in [6, 6.07) is 10.5. The summed E-state index contributed by atoms with van der Waals surface area (Å²) >= 11 is 0. The summed E-state index contributed by atoms with van der Waals surface area (Å²) in [4.78, 5) is 15.9. The highest BCUT2D eigenvalue weighted by Gasteiger charge is 2.15. The number of pyridine rings is 1. The Hall–Kier alpha value is -2.96. The number of alkyl halides is 2. The van der Waals surface area contributed by atoms with Crippen molar-refractivity contribution < 1.29 is 23.0 Å². The Bertz CT molecular complexity index is 954. The van der Waals surface area contributed by atoms with E-state index in [-0.39, 0.29) is 18.1 Å². The lowest BCUT2D eigenvalue weighted by molar-refractivity contribution is -0.140. The van der Waals surface area contributed by atoms with Gasteiger partial charge in [-0.25, -0.2) is 4.98 Å². The molecule has 0 saturated carbocycles. The van der Waals surface area contributed by atoms with Crippen LogP contribution in [0, 0.1) is 6.92 Å². The van der Waals surface area contributed by atoms with Crippen LogP contribution in [0.4, 0.5) is 8.78 Å². The molecule has 0 fully saturated rings. The molecule has 0 bridgehead atoms. The molecule has 1 aromatic carbocycles. The third kappa shape index (κ3) is 4.42. The van der Waals surface area contributed by atoms with Crippen molar-refractivity contribution in [2.75, 3.05) is 7.11 Å². The van der Waals surface area contributed by atoms with Gasteiger partial charge < -0.3 is 13.9 Å². The van der Waals surface area contributed by atoms with Crippen LogP contribution in [0.25, 0.3) is 5.65 Å². The molecule has 7 heteroatoms. The fraction of sp³-hybridized carbons (Fsp3) is 0.300. The van der Waals surface area contributed by atoms with Gasteiger partial charge in [0, 0.05) is 30.3 Å². The monoisotopic (exact) mass is 374 g/mol. The summed E-state index contributed by atoms with van der Waals surface area (Å²) in [7, 11) is 1.36. The Morgan fingerprint density at radius 2 is 2.00 bits per heavy atom. The summed E-state index contributed by atoms with van der Waals surface area (Å²) in [6.45, 7) is -0.994. The van der Waals surface area contributed by atoms with Gasteiger partial charge in [-0.15, -0.1) is 0 Å². The SMILES string of the molecule is COC(=O)CCc1ccc2nc(C)c(Cc3ccccc3OC(F)F)n2c1. The van der Waals surface area contributed by atoms with Gasteiger partial charge in [0.1, 0.15) is 11.4 Å². The zero-order valence-corrected chi connectivity index (χ0v) is 15.1. The number of carbonyl (C=O) groups is 1. The van der Waals surface area contributed by atoms with Crippen molar-refractivity contribution >= 4 is 11.6 Å². The molecule has 0 aliphatic rings. The summed E-state index contributed by atoms with van der Waals surface area (Å²) in [5.74, 6) is -0.112. The second-order valence-electron chi connectivity index (χ2n) is 6.15.